The highest BCUT2D eigenvalue weighted by Gasteiger charge is 2.32. The van der Waals surface area contributed by atoms with Gasteiger partial charge in [-0.1, -0.05) is 12.1 Å². The van der Waals surface area contributed by atoms with E-state index in [4.69, 9.17) is 0 Å². The molecule has 0 bridgehead atoms. The van der Waals surface area contributed by atoms with Crippen LogP contribution in [-0.2, 0) is 0 Å². The molecular weight excluding hydrogens is 217 g/mol. The molecule has 2 nitrogen and oxygen atoms in total. The van der Waals surface area contributed by atoms with Gasteiger partial charge in [0.05, 0.1) is 5.60 Å². The summed E-state index contributed by atoms with van der Waals surface area (Å²) in [5.41, 5.74) is 0.459. The van der Waals surface area contributed by atoms with Gasteiger partial charge in [0.15, 0.2) is 0 Å². The molecule has 0 radical (unpaired) electrons. The number of hydrogen-bond donors (Lipinski definition) is 2. The Kier molecular flexibility index (Phi) is 3.50. The van der Waals surface area contributed by atoms with Crippen LogP contribution in [0.5, 0.6) is 0 Å². The molecule has 0 saturated carbocycles. The zero-order valence-corrected chi connectivity index (χ0v) is 10.4. The average Bonchev–Trinajstić information content (AvgIpc) is 2.29. The molecule has 1 saturated heterocycles. The molecule has 1 aliphatic heterocycles. The predicted octanol–water partition coefficient (Wildman–Crippen LogP) is 2.64. The molecular formula is C14H20FNO. The number of piperidine rings is 1. The first-order valence-electron chi connectivity index (χ1n) is 6.18. The summed E-state index contributed by atoms with van der Waals surface area (Å²) < 4.78 is 12.9. The van der Waals surface area contributed by atoms with E-state index in [1.165, 1.54) is 12.1 Å². The van der Waals surface area contributed by atoms with Crippen molar-refractivity contribution in [3.05, 3.63) is 35.6 Å². The van der Waals surface area contributed by atoms with Crippen molar-refractivity contribution in [3.8, 4) is 0 Å². The van der Waals surface area contributed by atoms with Gasteiger partial charge in [-0.25, -0.2) is 4.39 Å². The quantitative estimate of drug-likeness (QED) is 0.828. The molecule has 2 N–H and O–H groups in total. The Morgan fingerprint density at radius 2 is 1.94 bits per heavy atom. The smallest absolute Gasteiger partial charge is 0.123 e. The van der Waals surface area contributed by atoms with Gasteiger partial charge in [-0.05, 0) is 56.8 Å². The molecule has 17 heavy (non-hydrogen) atoms. The van der Waals surface area contributed by atoms with Crippen LogP contribution in [0, 0.1) is 11.7 Å². The van der Waals surface area contributed by atoms with E-state index in [-0.39, 0.29) is 11.9 Å². The highest BCUT2D eigenvalue weighted by Crippen LogP contribution is 2.33. The second-order valence-corrected chi connectivity index (χ2v) is 5.43. The van der Waals surface area contributed by atoms with Gasteiger partial charge in [-0.15, -0.1) is 0 Å². The minimum Gasteiger partial charge on any atom is -0.390 e. The third kappa shape index (κ3) is 3.05. The monoisotopic (exact) mass is 237 g/mol. The summed E-state index contributed by atoms with van der Waals surface area (Å²) in [5, 5.41) is 13.5. The standard InChI is InChI=1S/C14H20FNO/c1-14(2,17)11-7-8-16-13(9-11)10-3-5-12(15)6-4-10/h3-6,11,13,16-17H,7-9H2,1-2H3/t11?,13-/m1/s1. The highest BCUT2D eigenvalue weighted by molar-refractivity contribution is 5.20. The maximum absolute atomic E-state index is 12.9. The lowest BCUT2D eigenvalue weighted by Gasteiger charge is -2.37. The Morgan fingerprint density at radius 3 is 2.53 bits per heavy atom. The van der Waals surface area contributed by atoms with Crippen molar-refractivity contribution in [2.75, 3.05) is 6.54 Å². The molecule has 1 unspecified atom stereocenters. The van der Waals surface area contributed by atoms with Gasteiger partial charge >= 0.3 is 0 Å². The van der Waals surface area contributed by atoms with Crippen LogP contribution in [0.25, 0.3) is 0 Å². The fourth-order valence-electron chi connectivity index (χ4n) is 2.51. The summed E-state index contributed by atoms with van der Waals surface area (Å²) in [6.07, 6.45) is 1.89. The van der Waals surface area contributed by atoms with Crippen LogP contribution in [0.1, 0.15) is 38.3 Å². The summed E-state index contributed by atoms with van der Waals surface area (Å²) in [6.45, 7) is 4.63. The second-order valence-electron chi connectivity index (χ2n) is 5.43. The van der Waals surface area contributed by atoms with Crippen molar-refractivity contribution in [2.24, 2.45) is 5.92 Å². The fraction of sp³-hybridized carbons (Fsp3) is 0.571. The maximum atomic E-state index is 12.9. The van der Waals surface area contributed by atoms with Crippen LogP contribution in [-0.4, -0.2) is 17.3 Å². The summed E-state index contributed by atoms with van der Waals surface area (Å²) in [7, 11) is 0. The van der Waals surface area contributed by atoms with Crippen molar-refractivity contribution < 1.29 is 9.50 Å². The van der Waals surface area contributed by atoms with Gasteiger partial charge < -0.3 is 10.4 Å². The molecule has 1 aromatic carbocycles. The number of halogens is 1. The Labute approximate surface area is 102 Å². The van der Waals surface area contributed by atoms with E-state index in [0.29, 0.717) is 5.92 Å². The molecule has 1 fully saturated rings. The second kappa shape index (κ2) is 4.75. The summed E-state index contributed by atoms with van der Waals surface area (Å²) >= 11 is 0. The van der Waals surface area contributed by atoms with Crippen molar-refractivity contribution in [1.82, 2.24) is 5.32 Å². The van der Waals surface area contributed by atoms with E-state index >= 15 is 0 Å². The Hall–Kier alpha value is -0.930. The minimum atomic E-state index is -0.639. The molecule has 0 amide bonds. The van der Waals surface area contributed by atoms with Crippen LogP contribution >= 0.6 is 0 Å². The highest BCUT2D eigenvalue weighted by atomic mass is 19.1. The first kappa shape index (κ1) is 12.5. The summed E-state index contributed by atoms with van der Waals surface area (Å²) in [4.78, 5) is 0. The number of rotatable bonds is 2. The molecule has 3 heteroatoms. The van der Waals surface area contributed by atoms with Crippen LogP contribution in [0.4, 0.5) is 4.39 Å². The first-order valence-corrected chi connectivity index (χ1v) is 6.18. The van der Waals surface area contributed by atoms with Gasteiger partial charge in [0.2, 0.25) is 0 Å². The summed E-state index contributed by atoms with van der Waals surface area (Å²) in [6, 6.07) is 6.84. The topological polar surface area (TPSA) is 32.3 Å². The van der Waals surface area contributed by atoms with Crippen LogP contribution in [0.15, 0.2) is 24.3 Å². The van der Waals surface area contributed by atoms with Gasteiger partial charge in [-0.3, -0.25) is 0 Å². The molecule has 0 spiro atoms. The van der Waals surface area contributed by atoms with E-state index < -0.39 is 5.60 Å². The lowest BCUT2D eigenvalue weighted by Crippen LogP contribution is -2.41. The number of nitrogens with one attached hydrogen (secondary N) is 1. The van der Waals surface area contributed by atoms with E-state index in [1.807, 2.05) is 26.0 Å². The van der Waals surface area contributed by atoms with Gasteiger partial charge in [0.25, 0.3) is 0 Å². The van der Waals surface area contributed by atoms with E-state index in [2.05, 4.69) is 5.32 Å². The van der Waals surface area contributed by atoms with Crippen molar-refractivity contribution in [2.45, 2.75) is 38.3 Å². The molecule has 94 valence electrons. The van der Waals surface area contributed by atoms with Crippen LogP contribution in [0.2, 0.25) is 0 Å². The number of hydrogen-bond acceptors (Lipinski definition) is 2. The third-order valence-electron chi connectivity index (χ3n) is 3.68. The number of aliphatic hydroxyl groups is 1. The Balaban J connectivity index is 2.09. The Bertz CT molecular complexity index is 369. The van der Waals surface area contributed by atoms with E-state index in [9.17, 15) is 9.50 Å². The van der Waals surface area contributed by atoms with E-state index in [1.54, 1.807) is 0 Å². The SMILES string of the molecule is CC(C)(O)C1CCN[C@@H](c2ccc(F)cc2)C1. The zero-order chi connectivity index (χ0) is 12.5. The average molecular weight is 237 g/mol. The molecule has 1 aliphatic rings. The lowest BCUT2D eigenvalue weighted by molar-refractivity contribution is -0.00353. The number of benzene rings is 1. The molecule has 1 heterocycles. The van der Waals surface area contributed by atoms with Crippen molar-refractivity contribution >= 4 is 0 Å². The normalized spacial score (nSPS) is 25.9. The fourth-order valence-corrected chi connectivity index (χ4v) is 2.51. The zero-order valence-electron chi connectivity index (χ0n) is 10.4. The summed E-state index contributed by atoms with van der Waals surface area (Å²) in [5.74, 6) is 0.0856. The van der Waals surface area contributed by atoms with Crippen molar-refractivity contribution in [3.63, 3.8) is 0 Å². The van der Waals surface area contributed by atoms with E-state index in [0.717, 1.165) is 24.9 Å². The maximum Gasteiger partial charge on any atom is 0.123 e. The molecule has 2 atom stereocenters. The third-order valence-corrected chi connectivity index (χ3v) is 3.68. The largest absolute Gasteiger partial charge is 0.390 e. The van der Waals surface area contributed by atoms with Crippen LogP contribution in [0.3, 0.4) is 0 Å². The molecule has 0 aromatic heterocycles. The predicted molar refractivity (Wildman–Crippen MR) is 66.2 cm³/mol. The van der Waals surface area contributed by atoms with Gasteiger partial charge in [0.1, 0.15) is 5.82 Å². The molecule has 0 aliphatic carbocycles. The van der Waals surface area contributed by atoms with Gasteiger partial charge in [-0.2, -0.15) is 0 Å². The van der Waals surface area contributed by atoms with Crippen molar-refractivity contribution in [1.29, 1.82) is 0 Å². The van der Waals surface area contributed by atoms with Gasteiger partial charge in [0, 0.05) is 6.04 Å². The minimum absolute atomic E-state index is 0.205. The first-order chi connectivity index (χ1) is 7.97. The lowest BCUT2D eigenvalue weighted by atomic mass is 9.79. The van der Waals surface area contributed by atoms with Crippen LogP contribution < -0.4 is 5.32 Å². The molecule has 2 rings (SSSR count). The molecule has 1 aromatic rings. The Morgan fingerprint density at radius 1 is 1.29 bits per heavy atom.